The summed E-state index contributed by atoms with van der Waals surface area (Å²) in [6, 6.07) is 17.9. The van der Waals surface area contributed by atoms with Gasteiger partial charge in [0.2, 0.25) is 0 Å². The fourth-order valence-corrected chi connectivity index (χ4v) is 5.56. The molecular formula is C25H26N2O4. The number of methoxy groups -OCH3 is 1. The van der Waals surface area contributed by atoms with Crippen LogP contribution in [0, 0.1) is 5.92 Å². The number of nitrogens with zero attached hydrogens (tertiary/aromatic N) is 1. The average molecular weight is 418 g/mol. The smallest absolute Gasteiger partial charge is 0.174 e. The molecule has 0 spiro atoms. The van der Waals surface area contributed by atoms with Gasteiger partial charge in [0.05, 0.1) is 25.1 Å². The Morgan fingerprint density at radius 1 is 1.13 bits per heavy atom. The summed E-state index contributed by atoms with van der Waals surface area (Å²) >= 11 is 0. The highest BCUT2D eigenvalue weighted by atomic mass is 16.5. The maximum atomic E-state index is 12.5. The summed E-state index contributed by atoms with van der Waals surface area (Å²) in [5.74, 6) is 0.276. The van der Waals surface area contributed by atoms with Crippen molar-refractivity contribution in [1.29, 1.82) is 0 Å². The number of ether oxygens (including phenoxy) is 2. The van der Waals surface area contributed by atoms with Crippen molar-refractivity contribution in [2.24, 2.45) is 11.7 Å². The molecule has 160 valence electrons. The molecule has 31 heavy (non-hydrogen) atoms. The van der Waals surface area contributed by atoms with E-state index in [1.165, 1.54) is 0 Å². The SMILES string of the molecule is COc1cncc2c1C1(O)C(CO)CC(c3ccccc3)C1(c1ccc(CN)cc1)O2. The molecule has 1 fully saturated rings. The molecular weight excluding hydrogens is 392 g/mol. The van der Waals surface area contributed by atoms with Crippen molar-refractivity contribution in [3.63, 3.8) is 0 Å². The van der Waals surface area contributed by atoms with Crippen LogP contribution in [-0.4, -0.2) is 28.9 Å². The van der Waals surface area contributed by atoms with Crippen molar-refractivity contribution >= 4 is 0 Å². The molecule has 0 radical (unpaired) electrons. The van der Waals surface area contributed by atoms with Gasteiger partial charge in [0.15, 0.2) is 5.60 Å². The first-order valence-corrected chi connectivity index (χ1v) is 10.5. The van der Waals surface area contributed by atoms with E-state index in [0.29, 0.717) is 30.0 Å². The van der Waals surface area contributed by atoms with Crippen LogP contribution in [-0.2, 0) is 17.7 Å². The molecule has 1 aliphatic heterocycles. The normalized spacial score (nSPS) is 28.6. The van der Waals surface area contributed by atoms with Crippen molar-refractivity contribution in [2.75, 3.05) is 13.7 Å². The molecule has 2 aromatic carbocycles. The number of aromatic nitrogens is 1. The lowest BCUT2D eigenvalue weighted by atomic mass is 9.70. The standard InChI is InChI=1S/C25H26N2O4/c1-30-21-13-27-14-22-23(21)24(29)19(15-28)11-20(17-5-3-2-4-6-17)25(24,31-22)18-9-7-16(12-26)8-10-18/h2-10,13-14,19-20,28-29H,11-12,15,26H2,1H3. The molecule has 3 aromatic rings. The molecule has 4 atom stereocenters. The monoisotopic (exact) mass is 418 g/mol. The van der Waals surface area contributed by atoms with E-state index in [1.807, 2.05) is 54.6 Å². The minimum absolute atomic E-state index is 0.184. The second kappa shape index (κ2) is 7.34. The summed E-state index contributed by atoms with van der Waals surface area (Å²) in [4.78, 5) is 4.25. The minimum atomic E-state index is -1.50. The lowest BCUT2D eigenvalue weighted by Crippen LogP contribution is -2.51. The van der Waals surface area contributed by atoms with Crippen LogP contribution in [0.4, 0.5) is 0 Å². The summed E-state index contributed by atoms with van der Waals surface area (Å²) in [6.45, 7) is 0.245. The number of pyridine rings is 1. The van der Waals surface area contributed by atoms with E-state index < -0.39 is 17.1 Å². The molecule has 2 heterocycles. The van der Waals surface area contributed by atoms with Gasteiger partial charge in [-0.25, -0.2) is 0 Å². The molecule has 4 unspecified atom stereocenters. The number of aliphatic hydroxyl groups is 2. The van der Waals surface area contributed by atoms with Crippen molar-refractivity contribution in [2.45, 2.75) is 30.1 Å². The summed E-state index contributed by atoms with van der Waals surface area (Å²) in [6.07, 6.45) is 3.75. The number of benzene rings is 2. The zero-order chi connectivity index (χ0) is 21.6. The maximum absolute atomic E-state index is 12.5. The number of aliphatic hydroxyl groups excluding tert-OH is 1. The van der Waals surface area contributed by atoms with Gasteiger partial charge in [-0.3, -0.25) is 4.98 Å². The molecule has 4 N–H and O–H groups in total. The zero-order valence-corrected chi connectivity index (χ0v) is 17.4. The second-order valence-corrected chi connectivity index (χ2v) is 8.30. The van der Waals surface area contributed by atoms with Gasteiger partial charge in [-0.2, -0.15) is 0 Å². The fourth-order valence-electron chi connectivity index (χ4n) is 5.56. The molecule has 0 bridgehead atoms. The first-order valence-electron chi connectivity index (χ1n) is 10.5. The largest absolute Gasteiger partial charge is 0.495 e. The van der Waals surface area contributed by atoms with Crippen LogP contribution < -0.4 is 15.2 Å². The van der Waals surface area contributed by atoms with E-state index in [9.17, 15) is 10.2 Å². The lowest BCUT2D eigenvalue weighted by Gasteiger charge is -2.41. The molecule has 1 aliphatic carbocycles. The molecule has 6 heteroatoms. The maximum Gasteiger partial charge on any atom is 0.174 e. The first-order chi connectivity index (χ1) is 15.1. The van der Waals surface area contributed by atoms with E-state index in [0.717, 1.165) is 16.7 Å². The Bertz CT molecular complexity index is 1090. The predicted octanol–water partition coefficient (Wildman–Crippen LogP) is 2.82. The molecule has 1 aromatic heterocycles. The van der Waals surface area contributed by atoms with Crippen molar-refractivity contribution in [3.05, 3.63) is 89.2 Å². The number of hydrogen-bond acceptors (Lipinski definition) is 6. The number of rotatable bonds is 5. The average Bonchev–Trinajstić information content (AvgIpc) is 3.24. The Hall–Kier alpha value is -2.93. The van der Waals surface area contributed by atoms with E-state index >= 15 is 0 Å². The fraction of sp³-hybridized carbons (Fsp3) is 0.320. The summed E-state index contributed by atoms with van der Waals surface area (Å²) in [5.41, 5.74) is 6.57. The Balaban J connectivity index is 1.81. The molecule has 1 saturated carbocycles. The second-order valence-electron chi connectivity index (χ2n) is 8.30. The molecule has 2 aliphatic rings. The molecule has 0 amide bonds. The van der Waals surface area contributed by atoms with Crippen molar-refractivity contribution in [3.8, 4) is 11.5 Å². The first kappa shape index (κ1) is 20.0. The van der Waals surface area contributed by atoms with Gasteiger partial charge in [0.25, 0.3) is 0 Å². The van der Waals surface area contributed by atoms with Gasteiger partial charge >= 0.3 is 0 Å². The van der Waals surface area contributed by atoms with Gasteiger partial charge in [0, 0.05) is 25.0 Å². The van der Waals surface area contributed by atoms with Crippen LogP contribution >= 0.6 is 0 Å². The van der Waals surface area contributed by atoms with Gasteiger partial charge in [0.1, 0.15) is 17.1 Å². The number of fused-ring (bicyclic) bond motifs is 3. The highest BCUT2D eigenvalue weighted by Crippen LogP contribution is 2.69. The van der Waals surface area contributed by atoms with Crippen LogP contribution in [0.1, 0.15) is 34.6 Å². The van der Waals surface area contributed by atoms with Crippen LogP contribution in [0.3, 0.4) is 0 Å². The van der Waals surface area contributed by atoms with Crippen molar-refractivity contribution < 1.29 is 19.7 Å². The third-order valence-electron chi connectivity index (χ3n) is 6.96. The third kappa shape index (κ3) is 2.59. The van der Waals surface area contributed by atoms with Crippen LogP contribution in [0.5, 0.6) is 11.5 Å². The van der Waals surface area contributed by atoms with Gasteiger partial charge in [-0.05, 0) is 23.1 Å². The lowest BCUT2D eigenvalue weighted by molar-refractivity contribution is -0.135. The Morgan fingerprint density at radius 3 is 2.52 bits per heavy atom. The third-order valence-corrected chi connectivity index (χ3v) is 6.96. The van der Waals surface area contributed by atoms with E-state index in [2.05, 4.69) is 4.98 Å². The summed E-state index contributed by atoms with van der Waals surface area (Å²) in [5, 5.41) is 22.9. The van der Waals surface area contributed by atoms with E-state index in [4.69, 9.17) is 15.2 Å². The van der Waals surface area contributed by atoms with Gasteiger partial charge in [-0.1, -0.05) is 54.6 Å². The van der Waals surface area contributed by atoms with Crippen LogP contribution in [0.2, 0.25) is 0 Å². The minimum Gasteiger partial charge on any atom is -0.495 e. The molecule has 0 saturated heterocycles. The van der Waals surface area contributed by atoms with Crippen LogP contribution in [0.25, 0.3) is 0 Å². The number of hydrogen-bond donors (Lipinski definition) is 3. The summed E-state index contributed by atoms with van der Waals surface area (Å²) in [7, 11) is 1.55. The quantitative estimate of drug-likeness (QED) is 0.590. The predicted molar refractivity (Wildman–Crippen MR) is 116 cm³/mol. The van der Waals surface area contributed by atoms with Crippen LogP contribution in [0.15, 0.2) is 67.0 Å². The zero-order valence-electron chi connectivity index (χ0n) is 17.4. The Kier molecular flexibility index (Phi) is 4.73. The highest BCUT2D eigenvalue weighted by Gasteiger charge is 2.73. The van der Waals surface area contributed by atoms with E-state index in [-0.39, 0.29) is 12.5 Å². The Labute approximate surface area is 181 Å². The van der Waals surface area contributed by atoms with E-state index in [1.54, 1.807) is 19.5 Å². The summed E-state index contributed by atoms with van der Waals surface area (Å²) < 4.78 is 12.3. The molecule has 5 rings (SSSR count). The Morgan fingerprint density at radius 2 is 1.87 bits per heavy atom. The van der Waals surface area contributed by atoms with Gasteiger partial charge < -0.3 is 25.4 Å². The highest BCUT2D eigenvalue weighted by molar-refractivity contribution is 5.58. The van der Waals surface area contributed by atoms with Gasteiger partial charge in [-0.15, -0.1) is 0 Å². The number of nitrogens with two attached hydrogens (primary N) is 1. The van der Waals surface area contributed by atoms with Crippen molar-refractivity contribution in [1.82, 2.24) is 4.98 Å². The topological polar surface area (TPSA) is 97.8 Å². The molecule has 6 nitrogen and oxygen atoms in total.